The molecule has 2 rings (SSSR count). The summed E-state index contributed by atoms with van der Waals surface area (Å²) < 4.78 is 0. The van der Waals surface area contributed by atoms with E-state index in [1.54, 1.807) is 31.2 Å². The second-order valence-corrected chi connectivity index (χ2v) is 4.68. The normalized spacial score (nSPS) is 11.1. The molecule has 0 unspecified atom stereocenters. The van der Waals surface area contributed by atoms with E-state index < -0.39 is 10.8 Å². The van der Waals surface area contributed by atoms with Crippen LogP contribution in [0.3, 0.4) is 0 Å². The Morgan fingerprint density at radius 2 is 2.14 bits per heavy atom. The lowest BCUT2D eigenvalue weighted by molar-refractivity contribution is -0.384. The number of nitrogens with zero attached hydrogens (tertiary/aromatic N) is 3. The highest BCUT2D eigenvalue weighted by Crippen LogP contribution is 2.25. The molecular weight excluding hydrogens is 308 g/mol. The number of hydrogen-bond acceptors (Lipinski definition) is 5. The number of halogens is 1. The molecule has 1 N–H and O–H groups in total. The molecule has 0 aliphatic rings. The Bertz CT molecular complexity index is 747. The average Bonchev–Trinajstić information content (AvgIpc) is 2.53. The van der Waals surface area contributed by atoms with E-state index in [1.807, 2.05) is 0 Å². The first-order chi connectivity index (χ1) is 10.5. The van der Waals surface area contributed by atoms with Gasteiger partial charge in [-0.2, -0.15) is 5.10 Å². The van der Waals surface area contributed by atoms with E-state index in [0.29, 0.717) is 11.3 Å². The molecule has 1 aromatic carbocycles. The van der Waals surface area contributed by atoms with Crippen LogP contribution in [-0.4, -0.2) is 21.5 Å². The highest BCUT2D eigenvalue weighted by Gasteiger charge is 2.14. The van der Waals surface area contributed by atoms with Crippen molar-refractivity contribution in [2.75, 3.05) is 0 Å². The summed E-state index contributed by atoms with van der Waals surface area (Å²) in [6.07, 6.45) is 1.49. The smallest absolute Gasteiger partial charge is 0.266 e. The van der Waals surface area contributed by atoms with E-state index in [-0.39, 0.29) is 16.4 Å². The maximum atomic E-state index is 11.8. The minimum absolute atomic E-state index is 0.0408. The molecule has 0 aliphatic heterocycles. The van der Waals surface area contributed by atoms with Crippen molar-refractivity contribution in [1.29, 1.82) is 0 Å². The van der Waals surface area contributed by atoms with Gasteiger partial charge in [-0.25, -0.2) is 5.43 Å². The zero-order chi connectivity index (χ0) is 16.1. The number of rotatable bonds is 4. The fraction of sp³-hybridized carbons (Fsp3) is 0.0714. The van der Waals surface area contributed by atoms with Crippen molar-refractivity contribution >= 4 is 28.9 Å². The number of nitro groups is 1. The zero-order valence-electron chi connectivity index (χ0n) is 11.5. The molecule has 0 spiro atoms. The number of nitro benzene ring substituents is 1. The predicted molar refractivity (Wildman–Crippen MR) is 82.0 cm³/mol. The number of hydrazone groups is 1. The van der Waals surface area contributed by atoms with Gasteiger partial charge in [-0.05, 0) is 25.1 Å². The Kier molecular flexibility index (Phi) is 4.80. The van der Waals surface area contributed by atoms with Crippen molar-refractivity contribution in [2.45, 2.75) is 6.92 Å². The molecule has 1 heterocycles. The van der Waals surface area contributed by atoms with Crippen LogP contribution in [0.15, 0.2) is 47.7 Å². The molecular formula is C14H11ClN4O3. The van der Waals surface area contributed by atoms with Crippen LogP contribution in [-0.2, 0) is 0 Å². The number of nitrogens with one attached hydrogen (secondary N) is 1. The molecule has 0 fully saturated rings. The molecule has 0 saturated heterocycles. The Morgan fingerprint density at radius 1 is 1.36 bits per heavy atom. The molecule has 1 aromatic heterocycles. The van der Waals surface area contributed by atoms with Gasteiger partial charge in [-0.1, -0.05) is 23.7 Å². The lowest BCUT2D eigenvalue weighted by Crippen LogP contribution is -2.20. The third kappa shape index (κ3) is 3.64. The van der Waals surface area contributed by atoms with Crippen molar-refractivity contribution in [3.8, 4) is 0 Å². The summed E-state index contributed by atoms with van der Waals surface area (Å²) in [5.41, 5.74) is 3.24. The maximum Gasteiger partial charge on any atom is 0.289 e. The Hall–Kier alpha value is -2.80. The van der Waals surface area contributed by atoms with Crippen molar-refractivity contribution < 1.29 is 9.72 Å². The van der Waals surface area contributed by atoms with E-state index in [1.165, 1.54) is 18.3 Å². The van der Waals surface area contributed by atoms with E-state index in [2.05, 4.69) is 15.5 Å². The average molecular weight is 319 g/mol. The maximum absolute atomic E-state index is 11.8. The standard InChI is InChI=1S/C14H11ClN4O3/c1-9(10-5-6-11(15)13(8-10)19(21)22)17-18-14(20)12-4-2-3-7-16-12/h2-8H,1H3,(H,18,20)/b17-9+. The Morgan fingerprint density at radius 3 is 2.77 bits per heavy atom. The number of amides is 1. The summed E-state index contributed by atoms with van der Waals surface area (Å²) in [6, 6.07) is 9.22. The largest absolute Gasteiger partial charge is 0.289 e. The predicted octanol–water partition coefficient (Wildman–Crippen LogP) is 2.80. The fourth-order valence-electron chi connectivity index (χ4n) is 1.63. The van der Waals surface area contributed by atoms with E-state index in [9.17, 15) is 14.9 Å². The quantitative estimate of drug-likeness (QED) is 0.532. The number of benzene rings is 1. The lowest BCUT2D eigenvalue weighted by Gasteiger charge is -2.03. The summed E-state index contributed by atoms with van der Waals surface area (Å²) in [6.45, 7) is 1.62. The van der Waals surface area contributed by atoms with E-state index in [4.69, 9.17) is 11.6 Å². The van der Waals surface area contributed by atoms with Gasteiger partial charge in [0.1, 0.15) is 10.7 Å². The molecule has 0 saturated carbocycles. The Labute approximate surface area is 130 Å². The van der Waals surface area contributed by atoms with Crippen LogP contribution < -0.4 is 5.43 Å². The van der Waals surface area contributed by atoms with Gasteiger partial charge < -0.3 is 0 Å². The van der Waals surface area contributed by atoms with E-state index >= 15 is 0 Å². The lowest BCUT2D eigenvalue weighted by atomic mass is 10.1. The molecule has 112 valence electrons. The van der Waals surface area contributed by atoms with Crippen molar-refractivity contribution in [1.82, 2.24) is 10.4 Å². The van der Waals surface area contributed by atoms with Crippen LogP contribution in [0, 0.1) is 10.1 Å². The number of carbonyl (C=O) groups excluding carboxylic acids is 1. The molecule has 22 heavy (non-hydrogen) atoms. The first kappa shape index (κ1) is 15.6. The summed E-state index contributed by atoms with van der Waals surface area (Å²) >= 11 is 5.74. The second-order valence-electron chi connectivity index (χ2n) is 4.28. The van der Waals surface area contributed by atoms with Crippen molar-refractivity contribution in [2.24, 2.45) is 5.10 Å². The number of carbonyl (C=O) groups is 1. The first-order valence-electron chi connectivity index (χ1n) is 6.19. The van der Waals surface area contributed by atoms with Gasteiger partial charge in [-0.3, -0.25) is 19.9 Å². The van der Waals surface area contributed by atoms with Crippen LogP contribution in [0.4, 0.5) is 5.69 Å². The molecule has 2 aromatic rings. The molecule has 8 heteroatoms. The third-order valence-corrected chi connectivity index (χ3v) is 3.10. The topological polar surface area (TPSA) is 97.5 Å². The summed E-state index contributed by atoms with van der Waals surface area (Å²) in [5, 5.41) is 14.8. The van der Waals surface area contributed by atoms with Gasteiger partial charge in [0.2, 0.25) is 0 Å². The molecule has 1 amide bonds. The van der Waals surface area contributed by atoms with Crippen LogP contribution in [0.1, 0.15) is 23.0 Å². The minimum Gasteiger partial charge on any atom is -0.266 e. The number of hydrogen-bond donors (Lipinski definition) is 1. The monoisotopic (exact) mass is 318 g/mol. The van der Waals surface area contributed by atoms with Crippen molar-refractivity contribution in [3.63, 3.8) is 0 Å². The number of pyridine rings is 1. The van der Waals surface area contributed by atoms with Gasteiger partial charge in [0, 0.05) is 17.8 Å². The van der Waals surface area contributed by atoms with Crippen LogP contribution >= 0.6 is 11.6 Å². The highest BCUT2D eigenvalue weighted by atomic mass is 35.5. The van der Waals surface area contributed by atoms with Gasteiger partial charge in [0.15, 0.2) is 0 Å². The zero-order valence-corrected chi connectivity index (χ0v) is 12.2. The SMILES string of the molecule is C/C(=N\NC(=O)c1ccccn1)c1ccc(Cl)c([N+](=O)[O-])c1. The van der Waals surface area contributed by atoms with Crippen LogP contribution in [0.5, 0.6) is 0 Å². The van der Waals surface area contributed by atoms with Crippen LogP contribution in [0.2, 0.25) is 5.02 Å². The summed E-state index contributed by atoms with van der Waals surface area (Å²) in [5.74, 6) is -0.469. The van der Waals surface area contributed by atoms with Crippen molar-refractivity contribution in [3.05, 3.63) is 69.0 Å². The summed E-state index contributed by atoms with van der Waals surface area (Å²) in [4.78, 5) is 26.0. The fourth-order valence-corrected chi connectivity index (χ4v) is 1.82. The Balaban J connectivity index is 2.18. The van der Waals surface area contributed by atoms with Crippen LogP contribution in [0.25, 0.3) is 0 Å². The molecule has 0 radical (unpaired) electrons. The highest BCUT2D eigenvalue weighted by molar-refractivity contribution is 6.32. The summed E-state index contributed by atoms with van der Waals surface area (Å²) in [7, 11) is 0. The molecule has 7 nitrogen and oxygen atoms in total. The second kappa shape index (κ2) is 6.77. The van der Waals surface area contributed by atoms with Gasteiger partial charge in [0.25, 0.3) is 11.6 Å². The van der Waals surface area contributed by atoms with E-state index in [0.717, 1.165) is 0 Å². The molecule has 0 bridgehead atoms. The number of aromatic nitrogens is 1. The molecule has 0 atom stereocenters. The first-order valence-corrected chi connectivity index (χ1v) is 6.57. The third-order valence-electron chi connectivity index (χ3n) is 2.78. The minimum atomic E-state index is -0.578. The van der Waals surface area contributed by atoms with Gasteiger partial charge in [-0.15, -0.1) is 0 Å². The van der Waals surface area contributed by atoms with Gasteiger partial charge >= 0.3 is 0 Å². The molecule has 0 aliphatic carbocycles. The van der Waals surface area contributed by atoms with Gasteiger partial charge in [0.05, 0.1) is 10.6 Å².